The zero-order valence-electron chi connectivity index (χ0n) is 12.6. The first-order valence-electron chi connectivity index (χ1n) is 7.09. The van der Waals surface area contributed by atoms with Crippen LogP contribution in [-0.4, -0.2) is 15.1 Å². The Hall–Kier alpha value is -1.98. The molecule has 0 bridgehead atoms. The number of aromatic nitrogens is 3. The van der Waals surface area contributed by atoms with Gasteiger partial charge >= 0.3 is 0 Å². The van der Waals surface area contributed by atoms with E-state index in [1.807, 2.05) is 37.3 Å². The summed E-state index contributed by atoms with van der Waals surface area (Å²) in [4.78, 5) is 8.85. The third kappa shape index (κ3) is 2.96. The van der Waals surface area contributed by atoms with Crippen LogP contribution in [0.3, 0.4) is 0 Å². The Morgan fingerprint density at radius 2 is 2.00 bits per heavy atom. The normalized spacial score (nSPS) is 13.6. The Morgan fingerprint density at radius 3 is 2.77 bits per heavy atom. The molecule has 0 amide bonds. The van der Waals surface area contributed by atoms with Crippen LogP contribution in [0.2, 0.25) is 0 Å². The van der Waals surface area contributed by atoms with Gasteiger partial charge in [-0.2, -0.15) is 4.98 Å². The average Bonchev–Trinajstić information content (AvgIpc) is 2.97. The van der Waals surface area contributed by atoms with Crippen molar-refractivity contribution in [3.05, 3.63) is 42.4 Å². The minimum absolute atomic E-state index is 0. The van der Waals surface area contributed by atoms with Gasteiger partial charge in [-0.05, 0) is 24.8 Å². The second-order valence-corrected chi connectivity index (χ2v) is 5.47. The third-order valence-corrected chi connectivity index (χ3v) is 3.57. The molecule has 5 nitrogen and oxygen atoms in total. The Morgan fingerprint density at radius 1 is 1.23 bits per heavy atom. The van der Waals surface area contributed by atoms with Gasteiger partial charge in [0.1, 0.15) is 5.69 Å². The Kier molecular flexibility index (Phi) is 4.78. The van der Waals surface area contributed by atoms with Gasteiger partial charge in [-0.3, -0.25) is 4.98 Å². The van der Waals surface area contributed by atoms with Crippen molar-refractivity contribution in [2.45, 2.75) is 32.2 Å². The van der Waals surface area contributed by atoms with Crippen LogP contribution in [0.25, 0.3) is 22.3 Å². The summed E-state index contributed by atoms with van der Waals surface area (Å²) in [6.45, 7) is 3.99. The zero-order valence-corrected chi connectivity index (χ0v) is 13.4. The van der Waals surface area contributed by atoms with E-state index in [4.69, 9.17) is 10.3 Å². The molecule has 6 heteroatoms. The van der Waals surface area contributed by atoms with Crippen molar-refractivity contribution in [1.29, 1.82) is 0 Å². The van der Waals surface area contributed by atoms with Crippen LogP contribution in [0.1, 0.15) is 32.6 Å². The van der Waals surface area contributed by atoms with Crippen molar-refractivity contribution in [2.75, 3.05) is 0 Å². The first-order chi connectivity index (χ1) is 10.1. The van der Waals surface area contributed by atoms with Crippen molar-refractivity contribution in [3.63, 3.8) is 0 Å². The summed E-state index contributed by atoms with van der Waals surface area (Å²) >= 11 is 0. The lowest BCUT2D eigenvalue weighted by atomic mass is 9.98. The Balaban J connectivity index is 0.00000176. The Bertz CT molecular complexity index is 764. The van der Waals surface area contributed by atoms with Crippen LogP contribution in [-0.2, 0) is 5.54 Å². The molecule has 22 heavy (non-hydrogen) atoms. The minimum atomic E-state index is -0.607. The van der Waals surface area contributed by atoms with Crippen molar-refractivity contribution >= 4 is 23.2 Å². The zero-order chi connectivity index (χ0) is 14.9. The fourth-order valence-corrected chi connectivity index (χ4v) is 2.48. The van der Waals surface area contributed by atoms with Gasteiger partial charge < -0.3 is 10.3 Å². The smallest absolute Gasteiger partial charge is 0.246 e. The largest absolute Gasteiger partial charge is 0.337 e. The number of hydrogen-bond acceptors (Lipinski definition) is 5. The molecule has 0 radical (unpaired) electrons. The molecular weight excluding hydrogens is 300 g/mol. The van der Waals surface area contributed by atoms with Crippen molar-refractivity contribution < 1.29 is 4.52 Å². The summed E-state index contributed by atoms with van der Waals surface area (Å²) in [5.41, 5.74) is 6.35. The number of benzene rings is 1. The van der Waals surface area contributed by atoms with E-state index in [1.165, 1.54) is 0 Å². The van der Waals surface area contributed by atoms with Crippen LogP contribution < -0.4 is 5.73 Å². The van der Waals surface area contributed by atoms with E-state index in [0.29, 0.717) is 11.7 Å². The van der Waals surface area contributed by atoms with Crippen molar-refractivity contribution in [2.24, 2.45) is 5.73 Å². The number of fused-ring (bicyclic) bond motifs is 1. The van der Waals surface area contributed by atoms with E-state index in [0.717, 1.165) is 29.3 Å². The maximum Gasteiger partial charge on any atom is 0.246 e. The average molecular weight is 319 g/mol. The van der Waals surface area contributed by atoms with Gasteiger partial charge in [-0.25, -0.2) is 0 Å². The number of nitrogens with zero attached hydrogens (tertiary/aromatic N) is 3. The highest BCUT2D eigenvalue weighted by Crippen LogP contribution is 2.27. The van der Waals surface area contributed by atoms with Gasteiger partial charge in [-0.15, -0.1) is 12.4 Å². The third-order valence-electron chi connectivity index (χ3n) is 3.57. The van der Waals surface area contributed by atoms with E-state index in [-0.39, 0.29) is 12.4 Å². The SMILES string of the molecule is CCCC(C)(N)c1nc(-c2nccc3ccccc23)no1.Cl. The highest BCUT2D eigenvalue weighted by Gasteiger charge is 2.28. The molecule has 2 aromatic heterocycles. The van der Waals surface area contributed by atoms with Gasteiger partial charge in [0.05, 0.1) is 5.54 Å². The van der Waals surface area contributed by atoms with Crippen LogP contribution in [0, 0.1) is 0 Å². The van der Waals surface area contributed by atoms with Gasteiger partial charge in [0.2, 0.25) is 11.7 Å². The standard InChI is InChI=1S/C16H18N4O.ClH/c1-3-9-16(2,17)15-19-14(20-21-15)13-12-7-5-4-6-11(12)8-10-18-13;/h4-8,10H,3,9,17H2,1-2H3;1H. The second-order valence-electron chi connectivity index (χ2n) is 5.47. The highest BCUT2D eigenvalue weighted by molar-refractivity contribution is 5.92. The number of rotatable bonds is 4. The number of pyridine rings is 1. The van der Waals surface area contributed by atoms with Gasteiger partial charge in [0.15, 0.2) is 0 Å². The van der Waals surface area contributed by atoms with Crippen LogP contribution in [0.4, 0.5) is 0 Å². The fourth-order valence-electron chi connectivity index (χ4n) is 2.48. The molecule has 1 atom stereocenters. The van der Waals surface area contributed by atoms with Crippen LogP contribution in [0.15, 0.2) is 41.1 Å². The molecule has 1 aromatic carbocycles. The second kappa shape index (κ2) is 6.42. The summed E-state index contributed by atoms with van der Waals surface area (Å²) in [6.07, 6.45) is 3.50. The van der Waals surface area contributed by atoms with Crippen molar-refractivity contribution in [3.8, 4) is 11.5 Å². The van der Waals surface area contributed by atoms with Crippen LogP contribution in [0.5, 0.6) is 0 Å². The van der Waals surface area contributed by atoms with E-state index in [9.17, 15) is 0 Å². The molecule has 0 aliphatic rings. The molecule has 2 heterocycles. The number of hydrogen-bond donors (Lipinski definition) is 1. The number of nitrogens with two attached hydrogens (primary N) is 1. The lowest BCUT2D eigenvalue weighted by Gasteiger charge is -2.18. The molecule has 0 fully saturated rings. The molecule has 0 aliphatic heterocycles. The van der Waals surface area contributed by atoms with E-state index >= 15 is 0 Å². The molecule has 1 unspecified atom stereocenters. The maximum absolute atomic E-state index is 6.24. The molecule has 116 valence electrons. The first kappa shape index (κ1) is 16.4. The van der Waals surface area contributed by atoms with Gasteiger partial charge in [0, 0.05) is 11.6 Å². The summed E-state index contributed by atoms with van der Waals surface area (Å²) < 4.78 is 5.36. The molecule has 0 spiro atoms. The van der Waals surface area contributed by atoms with Crippen molar-refractivity contribution in [1.82, 2.24) is 15.1 Å². The van der Waals surface area contributed by atoms with Gasteiger partial charge in [-0.1, -0.05) is 42.8 Å². The summed E-state index contributed by atoms with van der Waals surface area (Å²) in [6, 6.07) is 9.96. The predicted molar refractivity (Wildman–Crippen MR) is 88.7 cm³/mol. The topological polar surface area (TPSA) is 77.8 Å². The first-order valence-corrected chi connectivity index (χ1v) is 7.09. The van der Waals surface area contributed by atoms with Crippen LogP contribution >= 0.6 is 12.4 Å². The quantitative estimate of drug-likeness (QED) is 0.794. The number of halogens is 1. The summed E-state index contributed by atoms with van der Waals surface area (Å²) in [5, 5.41) is 6.15. The van der Waals surface area contributed by atoms with E-state index < -0.39 is 5.54 Å². The molecule has 0 saturated carbocycles. The monoisotopic (exact) mass is 318 g/mol. The predicted octanol–water partition coefficient (Wildman–Crippen LogP) is 3.68. The Labute approximate surface area is 135 Å². The fraction of sp³-hybridized carbons (Fsp3) is 0.312. The maximum atomic E-state index is 6.24. The molecule has 3 rings (SSSR count). The molecule has 0 aliphatic carbocycles. The highest BCUT2D eigenvalue weighted by atomic mass is 35.5. The van der Waals surface area contributed by atoms with E-state index in [1.54, 1.807) is 6.20 Å². The molecular formula is C16H19ClN4O. The molecule has 2 N–H and O–H groups in total. The molecule has 3 aromatic rings. The van der Waals surface area contributed by atoms with Gasteiger partial charge in [0.25, 0.3) is 0 Å². The minimum Gasteiger partial charge on any atom is -0.337 e. The molecule has 0 saturated heterocycles. The summed E-state index contributed by atoms with van der Waals surface area (Å²) in [5.74, 6) is 0.934. The summed E-state index contributed by atoms with van der Waals surface area (Å²) in [7, 11) is 0. The van der Waals surface area contributed by atoms with E-state index in [2.05, 4.69) is 22.0 Å². The lowest BCUT2D eigenvalue weighted by molar-refractivity contribution is 0.284. The lowest BCUT2D eigenvalue weighted by Crippen LogP contribution is -2.33.